The van der Waals surface area contributed by atoms with Crippen molar-refractivity contribution in [1.82, 2.24) is 15.0 Å². The zero-order chi connectivity index (χ0) is 11.9. The number of halogens is 1. The van der Waals surface area contributed by atoms with E-state index in [1.54, 1.807) is 20.1 Å². The number of pyridine rings is 1. The smallest absolute Gasteiger partial charge is 0.261 e. The van der Waals surface area contributed by atoms with Crippen molar-refractivity contribution in [2.24, 2.45) is 0 Å². The first-order chi connectivity index (χ1) is 7.54. The molecule has 2 heterocycles. The maximum Gasteiger partial charge on any atom is 0.261 e. The van der Waals surface area contributed by atoms with Crippen LogP contribution in [0.2, 0.25) is 0 Å². The van der Waals surface area contributed by atoms with E-state index in [1.807, 2.05) is 0 Å². The van der Waals surface area contributed by atoms with Gasteiger partial charge in [-0.2, -0.15) is 0 Å². The molecule has 2 aromatic heterocycles. The molecule has 4 nitrogen and oxygen atoms in total. The van der Waals surface area contributed by atoms with E-state index in [9.17, 15) is 9.18 Å². The van der Waals surface area contributed by atoms with E-state index in [0.717, 1.165) is 0 Å². The van der Waals surface area contributed by atoms with Crippen LogP contribution in [0.4, 0.5) is 4.39 Å². The number of fused-ring (bicyclic) bond motifs is 1. The lowest BCUT2D eigenvalue weighted by atomic mass is 10.2. The van der Waals surface area contributed by atoms with Gasteiger partial charge in [-0.1, -0.05) is 11.8 Å². The van der Waals surface area contributed by atoms with Gasteiger partial charge in [-0.05, 0) is 20.1 Å². The molecule has 0 bridgehead atoms. The molecule has 1 N–H and O–H groups in total. The Hall–Kier alpha value is -1.43. The van der Waals surface area contributed by atoms with Gasteiger partial charge in [0.1, 0.15) is 5.52 Å². The van der Waals surface area contributed by atoms with Crippen LogP contribution >= 0.6 is 11.8 Å². The Morgan fingerprint density at radius 1 is 1.25 bits per heavy atom. The summed E-state index contributed by atoms with van der Waals surface area (Å²) in [5.74, 6) is -0.526. The second-order valence-corrected chi connectivity index (χ2v) is 4.19. The monoisotopic (exact) mass is 239 g/mol. The van der Waals surface area contributed by atoms with Gasteiger partial charge in [0, 0.05) is 0 Å². The fraction of sp³-hybridized carbons (Fsp3) is 0.300. The molecule has 0 amide bonds. The Morgan fingerprint density at radius 3 is 2.56 bits per heavy atom. The Morgan fingerprint density at radius 2 is 1.94 bits per heavy atom. The van der Waals surface area contributed by atoms with Gasteiger partial charge < -0.3 is 4.98 Å². The van der Waals surface area contributed by atoms with Gasteiger partial charge in [0.2, 0.25) is 0 Å². The maximum atomic E-state index is 13.8. The van der Waals surface area contributed by atoms with Gasteiger partial charge in [-0.15, -0.1) is 0 Å². The van der Waals surface area contributed by atoms with Gasteiger partial charge >= 0.3 is 0 Å². The second kappa shape index (κ2) is 3.86. The second-order valence-electron chi connectivity index (χ2n) is 3.40. The third-order valence-corrected chi connectivity index (χ3v) is 2.89. The summed E-state index contributed by atoms with van der Waals surface area (Å²) >= 11 is 1.26. The number of rotatable bonds is 1. The molecule has 0 saturated heterocycles. The van der Waals surface area contributed by atoms with Crippen molar-refractivity contribution >= 4 is 22.7 Å². The van der Waals surface area contributed by atoms with Gasteiger partial charge in [-0.25, -0.2) is 9.37 Å². The number of aryl methyl sites for hydroxylation is 2. The summed E-state index contributed by atoms with van der Waals surface area (Å²) in [6, 6.07) is 0. The quantitative estimate of drug-likeness (QED) is 0.609. The average molecular weight is 239 g/mol. The summed E-state index contributed by atoms with van der Waals surface area (Å²) in [5.41, 5.74) is 0.502. The number of hydrogen-bond donors (Lipinski definition) is 1. The van der Waals surface area contributed by atoms with Crippen molar-refractivity contribution in [2.75, 3.05) is 6.26 Å². The van der Waals surface area contributed by atoms with E-state index in [-0.39, 0.29) is 22.2 Å². The molecule has 0 saturated carbocycles. The largest absolute Gasteiger partial charge is 0.301 e. The molecule has 16 heavy (non-hydrogen) atoms. The van der Waals surface area contributed by atoms with Crippen LogP contribution in [0.3, 0.4) is 0 Å². The number of aromatic amines is 1. The molecule has 0 atom stereocenters. The Balaban J connectivity index is 3.00. The van der Waals surface area contributed by atoms with Crippen LogP contribution in [0.15, 0.2) is 9.95 Å². The van der Waals surface area contributed by atoms with Crippen LogP contribution in [-0.4, -0.2) is 21.2 Å². The van der Waals surface area contributed by atoms with E-state index < -0.39 is 5.82 Å². The molecule has 2 rings (SSSR count). The minimum absolute atomic E-state index is 0.0955. The standard InChI is InChI=1S/C10H10FN3OS/c1-4-6-8(7(11)5(2)12-4)13-10(16-3)14-9(6)15/h1-3H3,(H,13,14,15). The highest BCUT2D eigenvalue weighted by molar-refractivity contribution is 7.98. The molecule has 0 aromatic carbocycles. The molecule has 0 fully saturated rings. The van der Waals surface area contributed by atoms with Crippen molar-refractivity contribution in [3.05, 3.63) is 27.6 Å². The number of nitrogens with one attached hydrogen (secondary N) is 1. The molecular weight excluding hydrogens is 229 g/mol. The first-order valence-electron chi connectivity index (χ1n) is 4.65. The summed E-state index contributed by atoms with van der Waals surface area (Å²) in [5, 5.41) is 0.627. The number of thioether (sulfide) groups is 1. The summed E-state index contributed by atoms with van der Waals surface area (Å²) in [6.45, 7) is 3.23. The van der Waals surface area contributed by atoms with Crippen LogP contribution in [0.25, 0.3) is 10.9 Å². The normalized spacial score (nSPS) is 11.0. The summed E-state index contributed by atoms with van der Waals surface area (Å²) in [4.78, 5) is 22.3. The highest BCUT2D eigenvalue weighted by Gasteiger charge is 2.14. The Bertz CT molecular complexity index is 623. The van der Waals surface area contributed by atoms with E-state index in [4.69, 9.17) is 0 Å². The molecule has 0 radical (unpaired) electrons. The third kappa shape index (κ3) is 1.59. The van der Waals surface area contributed by atoms with Gasteiger partial charge in [0.25, 0.3) is 5.56 Å². The van der Waals surface area contributed by atoms with Gasteiger partial charge in [0.15, 0.2) is 11.0 Å². The predicted octanol–water partition coefficient (Wildman–Crippen LogP) is 1.80. The molecule has 2 aromatic rings. The van der Waals surface area contributed by atoms with Gasteiger partial charge in [-0.3, -0.25) is 9.78 Å². The van der Waals surface area contributed by atoms with Crippen molar-refractivity contribution in [1.29, 1.82) is 0 Å². The number of H-pyrrole nitrogens is 1. The van der Waals surface area contributed by atoms with Crippen molar-refractivity contribution in [3.63, 3.8) is 0 Å². The van der Waals surface area contributed by atoms with E-state index in [1.165, 1.54) is 11.8 Å². The van der Waals surface area contributed by atoms with Crippen LogP contribution < -0.4 is 5.56 Å². The first kappa shape index (κ1) is 11.1. The summed E-state index contributed by atoms with van der Waals surface area (Å²) < 4.78 is 13.8. The maximum absolute atomic E-state index is 13.8. The number of nitrogens with zero attached hydrogens (tertiary/aromatic N) is 2. The number of aromatic nitrogens is 3. The van der Waals surface area contributed by atoms with Crippen molar-refractivity contribution < 1.29 is 4.39 Å². The lowest BCUT2D eigenvalue weighted by Gasteiger charge is -2.05. The lowest BCUT2D eigenvalue weighted by molar-refractivity contribution is 0.616. The molecule has 6 heteroatoms. The molecule has 0 aliphatic rings. The zero-order valence-corrected chi connectivity index (χ0v) is 9.91. The van der Waals surface area contributed by atoms with Crippen LogP contribution in [0.5, 0.6) is 0 Å². The molecule has 0 unspecified atom stereocenters. The number of hydrogen-bond acceptors (Lipinski definition) is 4. The molecule has 84 valence electrons. The zero-order valence-electron chi connectivity index (χ0n) is 9.09. The van der Waals surface area contributed by atoms with Crippen LogP contribution in [-0.2, 0) is 0 Å². The fourth-order valence-corrected chi connectivity index (χ4v) is 1.95. The van der Waals surface area contributed by atoms with Crippen molar-refractivity contribution in [2.45, 2.75) is 19.0 Å². The van der Waals surface area contributed by atoms with Crippen molar-refractivity contribution in [3.8, 4) is 0 Å². The molecule has 0 spiro atoms. The minimum Gasteiger partial charge on any atom is -0.301 e. The Kier molecular flexibility index (Phi) is 2.67. The van der Waals surface area contributed by atoms with E-state index >= 15 is 0 Å². The van der Waals surface area contributed by atoms with Crippen LogP contribution in [0, 0.1) is 19.7 Å². The Labute approximate surface area is 95.3 Å². The fourth-order valence-electron chi connectivity index (χ4n) is 1.57. The highest BCUT2D eigenvalue weighted by Crippen LogP contribution is 2.19. The predicted molar refractivity (Wildman–Crippen MR) is 61.4 cm³/mol. The van der Waals surface area contributed by atoms with E-state index in [0.29, 0.717) is 10.9 Å². The minimum atomic E-state index is -0.526. The third-order valence-electron chi connectivity index (χ3n) is 2.31. The molecule has 0 aliphatic carbocycles. The molecule has 0 aliphatic heterocycles. The van der Waals surface area contributed by atoms with E-state index in [2.05, 4.69) is 15.0 Å². The average Bonchev–Trinajstić information content (AvgIpc) is 2.24. The van der Waals surface area contributed by atoms with Gasteiger partial charge in [0.05, 0.1) is 16.8 Å². The van der Waals surface area contributed by atoms with Crippen LogP contribution in [0.1, 0.15) is 11.4 Å². The summed E-state index contributed by atoms with van der Waals surface area (Å²) in [7, 11) is 0. The first-order valence-corrected chi connectivity index (χ1v) is 5.87. The highest BCUT2D eigenvalue weighted by atomic mass is 32.2. The SMILES string of the molecule is CSc1nc2c(F)c(C)nc(C)c2c(=O)[nH]1. The topological polar surface area (TPSA) is 58.6 Å². The lowest BCUT2D eigenvalue weighted by Crippen LogP contribution is -2.13. The molecular formula is C10H10FN3OS. The summed E-state index contributed by atoms with van der Waals surface area (Å²) in [6.07, 6.45) is 1.77.